The van der Waals surface area contributed by atoms with E-state index in [-0.39, 0.29) is 17.7 Å². The van der Waals surface area contributed by atoms with E-state index < -0.39 is 17.1 Å². The molecule has 0 aliphatic rings. The molecule has 0 aliphatic heterocycles. The van der Waals surface area contributed by atoms with E-state index in [2.05, 4.69) is 10.1 Å². The Labute approximate surface area is 183 Å². The molecule has 0 radical (unpaired) electrons. The Bertz CT molecular complexity index is 1090. The summed E-state index contributed by atoms with van der Waals surface area (Å²) in [7, 11) is 3.10. The van der Waals surface area contributed by atoms with Gasteiger partial charge in [0.15, 0.2) is 4.90 Å². The van der Waals surface area contributed by atoms with E-state index in [0.717, 1.165) is 22.0 Å². The number of nitrogens with one attached hydrogen (secondary N) is 1. The number of nitrogens with zero attached hydrogens (tertiary/aromatic N) is 1. The molecule has 2 atom stereocenters. The van der Waals surface area contributed by atoms with Crippen molar-refractivity contribution in [1.29, 1.82) is 0 Å². The summed E-state index contributed by atoms with van der Waals surface area (Å²) in [6.07, 6.45) is 0. The average molecular weight is 447 g/mol. The van der Waals surface area contributed by atoms with Crippen LogP contribution in [0.2, 0.25) is 5.02 Å². The van der Waals surface area contributed by atoms with Crippen LogP contribution in [0.15, 0.2) is 47.4 Å². The number of hydrogen-bond donors (Lipinski definition) is 1. The molecule has 30 heavy (non-hydrogen) atoms. The van der Waals surface area contributed by atoms with Crippen LogP contribution in [-0.4, -0.2) is 33.9 Å². The van der Waals surface area contributed by atoms with Gasteiger partial charge in [0, 0.05) is 12.4 Å². The SMILES string of the molecule is COC(=O)C[S@@+]([O-])c1ccc(C(C)NC(=O)c2cc3c(Cl)cc(C)cc3n2C)cc1. The molecule has 1 unspecified atom stereocenters. The summed E-state index contributed by atoms with van der Waals surface area (Å²) in [6.45, 7) is 3.83. The fourth-order valence-corrected chi connectivity index (χ4v) is 4.51. The zero-order valence-corrected chi connectivity index (χ0v) is 18.8. The molecule has 3 aromatic rings. The van der Waals surface area contributed by atoms with Crippen LogP contribution in [0.1, 0.15) is 34.6 Å². The fourth-order valence-electron chi connectivity index (χ4n) is 3.25. The maximum absolute atomic E-state index is 12.9. The van der Waals surface area contributed by atoms with Crippen molar-refractivity contribution in [3.8, 4) is 0 Å². The van der Waals surface area contributed by atoms with Crippen molar-refractivity contribution in [2.24, 2.45) is 7.05 Å². The van der Waals surface area contributed by atoms with E-state index in [1.165, 1.54) is 7.11 Å². The number of ether oxygens (including phenoxy) is 1. The number of rotatable bonds is 6. The second kappa shape index (κ2) is 9.12. The molecule has 1 heterocycles. The van der Waals surface area contributed by atoms with Crippen LogP contribution in [0, 0.1) is 6.92 Å². The van der Waals surface area contributed by atoms with Gasteiger partial charge in [-0.25, -0.2) is 4.79 Å². The lowest BCUT2D eigenvalue weighted by Crippen LogP contribution is -2.28. The van der Waals surface area contributed by atoms with Crippen molar-refractivity contribution in [3.63, 3.8) is 0 Å². The number of amides is 1. The number of aromatic nitrogens is 1. The Morgan fingerprint density at radius 3 is 2.53 bits per heavy atom. The number of carbonyl (C=O) groups is 2. The molecule has 1 aromatic heterocycles. The number of benzene rings is 2. The maximum Gasteiger partial charge on any atom is 0.356 e. The second-order valence-corrected chi connectivity index (χ2v) is 8.96. The van der Waals surface area contributed by atoms with Crippen LogP contribution < -0.4 is 5.32 Å². The molecule has 0 aliphatic carbocycles. The maximum atomic E-state index is 12.9. The van der Waals surface area contributed by atoms with Gasteiger partial charge >= 0.3 is 5.97 Å². The van der Waals surface area contributed by atoms with Gasteiger partial charge in [0.05, 0.1) is 23.7 Å². The minimum Gasteiger partial charge on any atom is -0.611 e. The smallest absolute Gasteiger partial charge is 0.356 e. The molecule has 0 bridgehead atoms. The Morgan fingerprint density at radius 1 is 1.23 bits per heavy atom. The van der Waals surface area contributed by atoms with E-state index in [9.17, 15) is 14.1 Å². The van der Waals surface area contributed by atoms with Gasteiger partial charge < -0.3 is 19.2 Å². The third-order valence-electron chi connectivity index (χ3n) is 4.96. The zero-order chi connectivity index (χ0) is 22.0. The molecule has 1 N–H and O–H groups in total. The highest BCUT2D eigenvalue weighted by Crippen LogP contribution is 2.28. The van der Waals surface area contributed by atoms with Crippen molar-refractivity contribution in [2.45, 2.75) is 24.8 Å². The molecule has 6 nitrogen and oxygen atoms in total. The van der Waals surface area contributed by atoms with E-state index in [0.29, 0.717) is 15.6 Å². The summed E-state index contributed by atoms with van der Waals surface area (Å²) < 4.78 is 18.5. The molecule has 0 saturated carbocycles. The first kappa shape index (κ1) is 22.2. The lowest BCUT2D eigenvalue weighted by Gasteiger charge is -2.16. The highest BCUT2D eigenvalue weighted by atomic mass is 35.5. The molecule has 3 rings (SSSR count). The molecule has 0 fully saturated rings. The highest BCUT2D eigenvalue weighted by molar-refractivity contribution is 7.92. The van der Waals surface area contributed by atoms with Crippen LogP contribution in [0.25, 0.3) is 10.9 Å². The monoisotopic (exact) mass is 446 g/mol. The van der Waals surface area contributed by atoms with Crippen molar-refractivity contribution >= 4 is 45.6 Å². The largest absolute Gasteiger partial charge is 0.611 e. The van der Waals surface area contributed by atoms with Crippen molar-refractivity contribution < 1.29 is 18.9 Å². The molecule has 1 amide bonds. The lowest BCUT2D eigenvalue weighted by molar-refractivity contribution is -0.137. The highest BCUT2D eigenvalue weighted by Gasteiger charge is 2.20. The number of hydrogen-bond acceptors (Lipinski definition) is 4. The Hall–Kier alpha value is -2.48. The Balaban J connectivity index is 1.74. The van der Waals surface area contributed by atoms with E-state index >= 15 is 0 Å². The predicted molar refractivity (Wildman–Crippen MR) is 118 cm³/mol. The zero-order valence-electron chi connectivity index (χ0n) is 17.2. The lowest BCUT2D eigenvalue weighted by atomic mass is 10.1. The van der Waals surface area contributed by atoms with Crippen molar-refractivity contribution in [1.82, 2.24) is 9.88 Å². The molecule has 0 saturated heterocycles. The van der Waals surface area contributed by atoms with Crippen LogP contribution in [0.3, 0.4) is 0 Å². The van der Waals surface area contributed by atoms with Crippen LogP contribution in [-0.2, 0) is 27.8 Å². The minimum atomic E-state index is -1.47. The van der Waals surface area contributed by atoms with Gasteiger partial charge in [-0.2, -0.15) is 0 Å². The van der Waals surface area contributed by atoms with Gasteiger partial charge in [0.1, 0.15) is 5.69 Å². The molecule has 8 heteroatoms. The van der Waals surface area contributed by atoms with Crippen molar-refractivity contribution in [2.75, 3.05) is 12.9 Å². The summed E-state index contributed by atoms with van der Waals surface area (Å²) in [5.41, 5.74) is 3.30. The molecule has 2 aromatic carbocycles. The van der Waals surface area contributed by atoms with Crippen LogP contribution in [0.4, 0.5) is 0 Å². The molecule has 0 spiro atoms. The average Bonchev–Trinajstić information content (AvgIpc) is 3.05. The fraction of sp³-hybridized carbons (Fsp3) is 0.273. The van der Waals surface area contributed by atoms with E-state index in [4.69, 9.17) is 11.6 Å². The van der Waals surface area contributed by atoms with Crippen molar-refractivity contribution in [3.05, 3.63) is 64.3 Å². The summed E-state index contributed by atoms with van der Waals surface area (Å²) in [5.74, 6) is -0.929. The number of aryl methyl sites for hydroxylation is 2. The van der Waals surface area contributed by atoms with Gasteiger partial charge in [-0.1, -0.05) is 23.7 Å². The van der Waals surface area contributed by atoms with Crippen LogP contribution in [0.5, 0.6) is 0 Å². The van der Waals surface area contributed by atoms with Gasteiger partial charge in [0.2, 0.25) is 5.75 Å². The third kappa shape index (κ3) is 4.64. The molecular formula is C22H23ClN2O4S. The number of fused-ring (bicyclic) bond motifs is 1. The number of methoxy groups -OCH3 is 1. The third-order valence-corrected chi connectivity index (χ3v) is 6.56. The standard InChI is InChI=1S/C22H23ClN2O4S/c1-13-9-18(23)17-11-20(25(3)19(17)10-13)22(27)24-14(2)15-5-7-16(8-6-15)30(28)12-21(26)29-4/h5-11,14H,12H2,1-4H3,(H,24,27)/t14?,30-/m1/s1. The normalized spacial score (nSPS) is 13.1. The topological polar surface area (TPSA) is 83.4 Å². The number of halogens is 1. The second-order valence-electron chi connectivity index (χ2n) is 7.10. The number of esters is 1. The first-order valence-electron chi connectivity index (χ1n) is 9.33. The summed E-state index contributed by atoms with van der Waals surface area (Å²) >= 11 is 4.87. The number of carbonyl (C=O) groups excluding carboxylic acids is 2. The molecule has 158 valence electrons. The van der Waals surface area contributed by atoms with Gasteiger partial charge in [0.25, 0.3) is 5.91 Å². The summed E-state index contributed by atoms with van der Waals surface area (Å²) in [6, 6.07) is 12.4. The quantitative estimate of drug-likeness (QED) is 0.459. The Kier molecular flexibility index (Phi) is 6.75. The Morgan fingerprint density at radius 2 is 1.90 bits per heavy atom. The van der Waals surface area contributed by atoms with Gasteiger partial charge in [-0.05, 0) is 66.5 Å². The minimum absolute atomic E-state index is 0.189. The summed E-state index contributed by atoms with van der Waals surface area (Å²) in [5, 5.41) is 4.43. The molecular weight excluding hydrogens is 424 g/mol. The first-order valence-corrected chi connectivity index (χ1v) is 11.0. The van der Waals surface area contributed by atoms with E-state index in [1.54, 1.807) is 30.3 Å². The van der Waals surface area contributed by atoms with E-state index in [1.807, 2.05) is 37.6 Å². The first-order chi connectivity index (χ1) is 14.2. The predicted octanol–water partition coefficient (Wildman–Crippen LogP) is 3.91. The van der Waals surface area contributed by atoms with Crippen LogP contribution >= 0.6 is 11.6 Å². The summed E-state index contributed by atoms with van der Waals surface area (Å²) in [4.78, 5) is 24.7. The van der Waals surface area contributed by atoms with Gasteiger partial charge in [-0.15, -0.1) is 0 Å². The van der Waals surface area contributed by atoms with Gasteiger partial charge in [-0.3, -0.25) is 4.79 Å².